The summed E-state index contributed by atoms with van der Waals surface area (Å²) in [6, 6.07) is 19.7. The van der Waals surface area contributed by atoms with E-state index in [1.165, 1.54) is 17.0 Å². The monoisotopic (exact) mass is 635 g/mol. The van der Waals surface area contributed by atoms with E-state index in [0.29, 0.717) is 30.2 Å². The number of hydrogen-bond acceptors (Lipinski definition) is 6. The van der Waals surface area contributed by atoms with Crippen LogP contribution >= 0.6 is 0 Å². The van der Waals surface area contributed by atoms with Crippen LogP contribution in [0.5, 0.6) is 11.5 Å². The van der Waals surface area contributed by atoms with Crippen molar-refractivity contribution in [3.05, 3.63) is 83.9 Å². The summed E-state index contributed by atoms with van der Waals surface area (Å²) in [6.07, 6.45) is 5.45. The van der Waals surface area contributed by atoms with E-state index < -0.39 is 28.5 Å². The van der Waals surface area contributed by atoms with Gasteiger partial charge in [-0.05, 0) is 87.2 Å². The third kappa shape index (κ3) is 8.78. The van der Waals surface area contributed by atoms with E-state index in [1.54, 1.807) is 43.5 Å². The van der Waals surface area contributed by atoms with Crippen molar-refractivity contribution in [2.45, 2.75) is 82.8 Å². The van der Waals surface area contributed by atoms with E-state index in [-0.39, 0.29) is 23.4 Å². The molecule has 0 aliphatic heterocycles. The number of anilines is 1. The van der Waals surface area contributed by atoms with Crippen LogP contribution < -0.4 is 19.1 Å². The number of amides is 2. The molecule has 3 aromatic carbocycles. The SMILES string of the molecule is CCOc1ccc(N(CC(=O)N(Cc2cccc(OC)c2)[C@H](CC)C(=O)NC2CCCCC2)S(=O)(=O)c2ccc(C)cc2)cc1. The zero-order chi connectivity index (χ0) is 32.4. The van der Waals surface area contributed by atoms with Gasteiger partial charge in [0.15, 0.2) is 0 Å². The Bertz CT molecular complexity index is 1520. The first-order valence-electron chi connectivity index (χ1n) is 15.7. The van der Waals surface area contributed by atoms with Crippen molar-refractivity contribution in [3.8, 4) is 11.5 Å². The second kappa shape index (κ2) is 15.8. The van der Waals surface area contributed by atoms with Crippen molar-refractivity contribution in [1.82, 2.24) is 10.2 Å². The summed E-state index contributed by atoms with van der Waals surface area (Å²) in [5, 5.41) is 3.17. The van der Waals surface area contributed by atoms with Gasteiger partial charge in [-0.25, -0.2) is 8.42 Å². The molecule has 1 atom stereocenters. The van der Waals surface area contributed by atoms with Crippen LogP contribution in [0, 0.1) is 6.92 Å². The molecule has 4 rings (SSSR count). The summed E-state index contributed by atoms with van der Waals surface area (Å²) in [6.45, 7) is 5.68. The molecular formula is C35H45N3O6S. The van der Waals surface area contributed by atoms with E-state index >= 15 is 0 Å². The predicted molar refractivity (Wildman–Crippen MR) is 176 cm³/mol. The molecule has 1 saturated carbocycles. The molecule has 0 spiro atoms. The molecule has 0 saturated heterocycles. The van der Waals surface area contributed by atoms with Crippen molar-refractivity contribution in [2.24, 2.45) is 0 Å². The minimum absolute atomic E-state index is 0.0659. The highest BCUT2D eigenvalue weighted by Gasteiger charge is 2.34. The lowest BCUT2D eigenvalue weighted by molar-refractivity contribution is -0.140. The van der Waals surface area contributed by atoms with Crippen LogP contribution in [-0.2, 0) is 26.2 Å². The number of carbonyl (C=O) groups is 2. The number of sulfonamides is 1. The maximum Gasteiger partial charge on any atom is 0.264 e. The van der Waals surface area contributed by atoms with Crippen molar-refractivity contribution < 1.29 is 27.5 Å². The standard InChI is InChI=1S/C35H45N3O6S/c1-5-33(35(40)36-28-12-8-7-9-13-28)37(24-27-11-10-14-31(23-27)43-4)34(39)25-38(29-17-19-30(20-18-29)44-6-2)45(41,42)32-21-15-26(3)16-22-32/h10-11,14-23,28,33H,5-9,12-13,24-25H2,1-4H3,(H,36,40)/t33-/m1/s1. The number of aryl methyl sites for hydroxylation is 1. The maximum absolute atomic E-state index is 14.4. The van der Waals surface area contributed by atoms with Gasteiger partial charge in [-0.15, -0.1) is 0 Å². The van der Waals surface area contributed by atoms with Crippen LogP contribution in [0.1, 0.15) is 63.5 Å². The van der Waals surface area contributed by atoms with Crippen molar-refractivity contribution in [3.63, 3.8) is 0 Å². The first-order chi connectivity index (χ1) is 21.7. The Morgan fingerprint density at radius 3 is 2.24 bits per heavy atom. The van der Waals surface area contributed by atoms with Gasteiger partial charge in [0.2, 0.25) is 11.8 Å². The quantitative estimate of drug-likeness (QED) is 0.238. The molecule has 1 aliphatic carbocycles. The van der Waals surface area contributed by atoms with Gasteiger partial charge in [0.1, 0.15) is 24.1 Å². The number of methoxy groups -OCH3 is 1. The normalized spacial score (nSPS) is 14.3. The molecule has 3 aromatic rings. The maximum atomic E-state index is 14.4. The molecule has 0 unspecified atom stereocenters. The molecule has 1 fully saturated rings. The molecule has 0 bridgehead atoms. The Labute approximate surface area is 267 Å². The van der Waals surface area contributed by atoms with Gasteiger partial charge in [0.05, 0.1) is 24.3 Å². The third-order valence-corrected chi connectivity index (χ3v) is 9.94. The van der Waals surface area contributed by atoms with E-state index in [9.17, 15) is 18.0 Å². The highest BCUT2D eigenvalue weighted by atomic mass is 32.2. The van der Waals surface area contributed by atoms with Crippen LogP contribution in [0.15, 0.2) is 77.7 Å². The summed E-state index contributed by atoms with van der Waals surface area (Å²) in [7, 11) is -2.59. The highest BCUT2D eigenvalue weighted by molar-refractivity contribution is 7.92. The number of nitrogens with one attached hydrogen (secondary N) is 1. The predicted octanol–water partition coefficient (Wildman–Crippen LogP) is 5.85. The van der Waals surface area contributed by atoms with Crippen LogP contribution in [0.2, 0.25) is 0 Å². The van der Waals surface area contributed by atoms with E-state index in [0.717, 1.165) is 47.5 Å². The lowest BCUT2D eigenvalue weighted by Gasteiger charge is -2.34. The molecule has 0 heterocycles. The third-order valence-electron chi connectivity index (χ3n) is 8.15. The van der Waals surface area contributed by atoms with Gasteiger partial charge < -0.3 is 19.7 Å². The van der Waals surface area contributed by atoms with Crippen molar-refractivity contribution in [2.75, 3.05) is 24.6 Å². The lowest BCUT2D eigenvalue weighted by Crippen LogP contribution is -2.54. The summed E-state index contributed by atoms with van der Waals surface area (Å²) >= 11 is 0. The molecule has 1 N–H and O–H groups in total. The molecular weight excluding hydrogens is 590 g/mol. The summed E-state index contributed by atoms with van der Waals surface area (Å²) in [5.74, 6) is 0.491. The minimum atomic E-state index is -4.16. The van der Waals surface area contributed by atoms with Gasteiger partial charge in [0.25, 0.3) is 10.0 Å². The van der Waals surface area contributed by atoms with Crippen LogP contribution in [0.3, 0.4) is 0 Å². The molecule has 0 radical (unpaired) electrons. The molecule has 0 aromatic heterocycles. The first-order valence-corrected chi connectivity index (χ1v) is 17.1. The topological polar surface area (TPSA) is 105 Å². The second-order valence-electron chi connectivity index (χ2n) is 11.4. The van der Waals surface area contributed by atoms with Gasteiger partial charge in [-0.2, -0.15) is 0 Å². The van der Waals surface area contributed by atoms with Gasteiger partial charge in [-0.1, -0.05) is 56.0 Å². The molecule has 242 valence electrons. The zero-order valence-electron chi connectivity index (χ0n) is 26.7. The Kier molecular flexibility index (Phi) is 11.9. The second-order valence-corrected chi connectivity index (χ2v) is 13.3. The van der Waals surface area contributed by atoms with Crippen LogP contribution in [-0.4, -0.2) is 57.5 Å². The molecule has 1 aliphatic rings. The summed E-state index contributed by atoms with van der Waals surface area (Å²) in [5.41, 5.74) is 1.99. The number of benzene rings is 3. The number of nitrogens with zero attached hydrogens (tertiary/aromatic N) is 2. The fraction of sp³-hybridized carbons (Fsp3) is 0.429. The smallest absolute Gasteiger partial charge is 0.264 e. The fourth-order valence-corrected chi connectivity index (χ4v) is 7.09. The summed E-state index contributed by atoms with van der Waals surface area (Å²) < 4.78 is 40.3. The number of rotatable bonds is 14. The largest absolute Gasteiger partial charge is 0.497 e. The average Bonchev–Trinajstić information content (AvgIpc) is 3.04. The van der Waals surface area contributed by atoms with E-state index in [2.05, 4.69) is 5.32 Å². The first kappa shape index (κ1) is 33.8. The Hall–Kier alpha value is -4.05. The molecule has 45 heavy (non-hydrogen) atoms. The number of ether oxygens (including phenoxy) is 2. The van der Waals surface area contributed by atoms with E-state index in [1.807, 2.05) is 45.0 Å². The van der Waals surface area contributed by atoms with Gasteiger partial charge in [0, 0.05) is 12.6 Å². The average molecular weight is 636 g/mol. The van der Waals surface area contributed by atoms with Crippen molar-refractivity contribution >= 4 is 27.5 Å². The van der Waals surface area contributed by atoms with Gasteiger partial charge in [-0.3, -0.25) is 13.9 Å². The Balaban J connectivity index is 1.72. The van der Waals surface area contributed by atoms with Crippen LogP contribution in [0.25, 0.3) is 0 Å². The zero-order valence-corrected chi connectivity index (χ0v) is 27.5. The molecule has 9 nitrogen and oxygen atoms in total. The lowest BCUT2D eigenvalue weighted by atomic mass is 9.95. The highest BCUT2D eigenvalue weighted by Crippen LogP contribution is 2.28. The minimum Gasteiger partial charge on any atom is -0.497 e. The van der Waals surface area contributed by atoms with E-state index in [4.69, 9.17) is 9.47 Å². The Morgan fingerprint density at radius 1 is 0.933 bits per heavy atom. The fourth-order valence-electron chi connectivity index (χ4n) is 5.67. The number of hydrogen-bond donors (Lipinski definition) is 1. The number of carbonyl (C=O) groups excluding carboxylic acids is 2. The molecule has 10 heteroatoms. The van der Waals surface area contributed by atoms with Gasteiger partial charge >= 0.3 is 0 Å². The molecule has 2 amide bonds. The van der Waals surface area contributed by atoms with Crippen molar-refractivity contribution in [1.29, 1.82) is 0 Å². The van der Waals surface area contributed by atoms with Crippen LogP contribution in [0.4, 0.5) is 5.69 Å². The summed E-state index contributed by atoms with van der Waals surface area (Å²) in [4.78, 5) is 29.7. The Morgan fingerprint density at radius 2 is 1.62 bits per heavy atom.